The Morgan fingerprint density at radius 3 is 2.25 bits per heavy atom. The van der Waals surface area contributed by atoms with Crippen LogP contribution in [-0.2, 0) is 20.7 Å². The third-order valence-corrected chi connectivity index (χ3v) is 6.06. The summed E-state index contributed by atoms with van der Waals surface area (Å²) in [5.74, 6) is 1.35. The highest BCUT2D eigenvalue weighted by Crippen LogP contribution is 2.45. The first-order valence-electron chi connectivity index (χ1n) is 12.7. The highest BCUT2D eigenvalue weighted by molar-refractivity contribution is 6.01. The Morgan fingerprint density at radius 2 is 1.53 bits per heavy atom. The molecule has 1 aliphatic carbocycles. The molecule has 1 atom stereocenters. The van der Waals surface area contributed by atoms with E-state index in [1.54, 1.807) is 6.92 Å². The molecule has 0 radical (unpaired) electrons. The molecule has 3 aromatic rings. The minimum absolute atomic E-state index is 0.326. The number of carbonyl (C=O) groups is 1. The van der Waals surface area contributed by atoms with Gasteiger partial charge in [0.1, 0.15) is 18.1 Å². The van der Waals surface area contributed by atoms with Crippen LogP contribution >= 0.6 is 0 Å². The highest BCUT2D eigenvalue weighted by atomic mass is 16.6. The van der Waals surface area contributed by atoms with Gasteiger partial charge in [-0.15, -0.1) is 0 Å². The van der Waals surface area contributed by atoms with Crippen molar-refractivity contribution in [2.75, 3.05) is 26.4 Å². The Balaban J connectivity index is 1.44. The Kier molecular flexibility index (Phi) is 8.80. The molecule has 0 bridgehead atoms. The van der Waals surface area contributed by atoms with Crippen LogP contribution in [0.15, 0.2) is 72.8 Å². The summed E-state index contributed by atoms with van der Waals surface area (Å²) in [4.78, 5) is 12.1. The van der Waals surface area contributed by atoms with Gasteiger partial charge in [-0.05, 0) is 84.0 Å². The van der Waals surface area contributed by atoms with Crippen molar-refractivity contribution in [3.8, 4) is 22.6 Å². The van der Waals surface area contributed by atoms with Crippen molar-refractivity contribution in [3.05, 3.63) is 89.5 Å². The van der Waals surface area contributed by atoms with Crippen LogP contribution in [0.2, 0.25) is 0 Å². The van der Waals surface area contributed by atoms with Gasteiger partial charge in [0, 0.05) is 13.0 Å². The molecule has 0 N–H and O–H groups in total. The molecule has 0 saturated heterocycles. The zero-order valence-electron chi connectivity index (χ0n) is 21.3. The van der Waals surface area contributed by atoms with Crippen LogP contribution in [-0.4, -0.2) is 38.5 Å². The van der Waals surface area contributed by atoms with E-state index < -0.39 is 6.10 Å². The summed E-state index contributed by atoms with van der Waals surface area (Å²) in [7, 11) is 0. The quantitative estimate of drug-likeness (QED) is 0.215. The smallest absolute Gasteiger partial charge is 0.335 e. The average molecular weight is 487 g/mol. The molecule has 5 nitrogen and oxygen atoms in total. The number of fused-ring (bicyclic) bond motifs is 3. The third kappa shape index (κ3) is 5.97. The third-order valence-electron chi connectivity index (χ3n) is 6.06. The summed E-state index contributed by atoms with van der Waals surface area (Å²) in [6, 6.07) is 22.5. The first-order chi connectivity index (χ1) is 17.6. The molecule has 1 unspecified atom stereocenters. The summed E-state index contributed by atoms with van der Waals surface area (Å²) >= 11 is 0. The second-order valence-electron chi connectivity index (χ2n) is 8.57. The van der Waals surface area contributed by atoms with E-state index in [2.05, 4.69) is 49.4 Å². The van der Waals surface area contributed by atoms with Crippen LogP contribution in [0.5, 0.6) is 11.5 Å². The maximum atomic E-state index is 12.1. The van der Waals surface area contributed by atoms with E-state index in [0.29, 0.717) is 32.8 Å². The fourth-order valence-corrected chi connectivity index (χ4v) is 4.41. The summed E-state index contributed by atoms with van der Waals surface area (Å²) in [6.45, 7) is 7.73. The molecule has 0 fully saturated rings. The van der Waals surface area contributed by atoms with Gasteiger partial charge in [-0.2, -0.15) is 0 Å². The van der Waals surface area contributed by atoms with Crippen molar-refractivity contribution >= 4 is 11.5 Å². The summed E-state index contributed by atoms with van der Waals surface area (Å²) in [5, 5.41) is 0. The zero-order valence-corrected chi connectivity index (χ0v) is 21.3. The van der Waals surface area contributed by atoms with Crippen molar-refractivity contribution in [2.24, 2.45) is 0 Å². The van der Waals surface area contributed by atoms with Gasteiger partial charge in [0.25, 0.3) is 0 Å². The standard InChI is InChI=1S/C31H34O5/c1-4-18-35-24-15-16-27-28(25-9-7-8-10-26(25)29(27)21-24)17-19-36-23-13-11-22(12-14-23)20-30(33-5-2)31(32)34-6-3/h7-17,21,30H,4-6,18-20H2,1-3H3/b28-17-. The molecular weight excluding hydrogens is 452 g/mol. The number of rotatable bonds is 12. The maximum absolute atomic E-state index is 12.1. The lowest BCUT2D eigenvalue weighted by molar-refractivity contribution is -0.156. The Bertz CT molecular complexity index is 1200. The molecule has 5 heteroatoms. The molecule has 188 valence electrons. The lowest BCUT2D eigenvalue weighted by Crippen LogP contribution is -2.28. The van der Waals surface area contributed by atoms with Crippen molar-refractivity contribution in [2.45, 2.75) is 39.7 Å². The van der Waals surface area contributed by atoms with Crippen LogP contribution in [0.4, 0.5) is 0 Å². The first kappa shape index (κ1) is 25.5. The van der Waals surface area contributed by atoms with E-state index in [1.165, 1.54) is 27.8 Å². The number of benzene rings is 3. The van der Waals surface area contributed by atoms with Gasteiger partial charge in [0.05, 0.1) is 13.2 Å². The molecular formula is C31H34O5. The fourth-order valence-electron chi connectivity index (χ4n) is 4.41. The molecule has 0 aliphatic heterocycles. The van der Waals surface area contributed by atoms with Gasteiger partial charge in [0.15, 0.2) is 6.10 Å². The van der Waals surface area contributed by atoms with Crippen LogP contribution in [0.1, 0.15) is 43.9 Å². The molecule has 0 saturated carbocycles. The average Bonchev–Trinajstić information content (AvgIpc) is 3.21. The first-order valence-corrected chi connectivity index (χ1v) is 12.7. The summed E-state index contributed by atoms with van der Waals surface area (Å²) in [6.07, 6.45) is 2.99. The Morgan fingerprint density at radius 1 is 0.806 bits per heavy atom. The van der Waals surface area contributed by atoms with Gasteiger partial charge >= 0.3 is 5.97 Å². The second kappa shape index (κ2) is 12.4. The minimum atomic E-state index is -0.596. The highest BCUT2D eigenvalue weighted by Gasteiger charge is 2.23. The van der Waals surface area contributed by atoms with Gasteiger partial charge in [0.2, 0.25) is 0 Å². The SMILES string of the molecule is CCCOc1ccc2c(c1)-c1ccccc1/C2=C/COc1ccc(CC(OCC)C(=O)OCC)cc1. The van der Waals surface area contributed by atoms with E-state index in [0.717, 1.165) is 23.5 Å². The Hall–Kier alpha value is -3.57. The predicted octanol–water partition coefficient (Wildman–Crippen LogP) is 6.48. The zero-order chi connectivity index (χ0) is 25.3. The van der Waals surface area contributed by atoms with Crippen molar-refractivity contribution in [3.63, 3.8) is 0 Å². The predicted molar refractivity (Wildman–Crippen MR) is 142 cm³/mol. The lowest BCUT2D eigenvalue weighted by atomic mass is 10.0. The number of hydrogen-bond acceptors (Lipinski definition) is 5. The normalized spacial score (nSPS) is 13.7. The monoisotopic (exact) mass is 486 g/mol. The molecule has 36 heavy (non-hydrogen) atoms. The minimum Gasteiger partial charge on any atom is -0.494 e. The molecule has 0 spiro atoms. The maximum Gasteiger partial charge on any atom is 0.335 e. The van der Waals surface area contributed by atoms with Gasteiger partial charge in [-0.1, -0.05) is 49.4 Å². The fraction of sp³-hybridized carbons (Fsp3) is 0.323. The number of esters is 1. The van der Waals surface area contributed by atoms with E-state index in [9.17, 15) is 4.79 Å². The van der Waals surface area contributed by atoms with Gasteiger partial charge in [-0.3, -0.25) is 0 Å². The van der Waals surface area contributed by atoms with Crippen molar-refractivity contribution in [1.82, 2.24) is 0 Å². The van der Waals surface area contributed by atoms with Gasteiger partial charge < -0.3 is 18.9 Å². The summed E-state index contributed by atoms with van der Waals surface area (Å²) in [5.41, 5.74) is 6.98. The number of ether oxygens (including phenoxy) is 4. The lowest BCUT2D eigenvalue weighted by Gasteiger charge is -2.15. The Labute approximate surface area is 213 Å². The van der Waals surface area contributed by atoms with Crippen molar-refractivity contribution < 1.29 is 23.7 Å². The number of carbonyl (C=O) groups excluding carboxylic acids is 1. The molecule has 3 aromatic carbocycles. The second-order valence-corrected chi connectivity index (χ2v) is 8.57. The van der Waals surface area contributed by atoms with Crippen LogP contribution in [0.25, 0.3) is 16.7 Å². The van der Waals surface area contributed by atoms with E-state index in [1.807, 2.05) is 37.3 Å². The van der Waals surface area contributed by atoms with Crippen LogP contribution < -0.4 is 9.47 Å². The van der Waals surface area contributed by atoms with Gasteiger partial charge in [-0.25, -0.2) is 4.79 Å². The number of hydrogen-bond donors (Lipinski definition) is 0. The van der Waals surface area contributed by atoms with E-state index >= 15 is 0 Å². The van der Waals surface area contributed by atoms with Crippen molar-refractivity contribution in [1.29, 1.82) is 0 Å². The topological polar surface area (TPSA) is 54.0 Å². The van der Waals surface area contributed by atoms with Crippen LogP contribution in [0.3, 0.4) is 0 Å². The molecule has 4 rings (SSSR count). The van der Waals surface area contributed by atoms with E-state index in [-0.39, 0.29) is 5.97 Å². The molecule has 1 aliphatic rings. The van der Waals surface area contributed by atoms with Crippen LogP contribution in [0, 0.1) is 0 Å². The molecule has 0 amide bonds. The summed E-state index contributed by atoms with van der Waals surface area (Å²) < 4.78 is 22.6. The molecule has 0 heterocycles. The molecule has 0 aromatic heterocycles. The largest absolute Gasteiger partial charge is 0.494 e. The van der Waals surface area contributed by atoms with E-state index in [4.69, 9.17) is 18.9 Å².